The topological polar surface area (TPSA) is 66.8 Å². The van der Waals surface area contributed by atoms with Gasteiger partial charge in [-0.15, -0.1) is 0 Å². The summed E-state index contributed by atoms with van der Waals surface area (Å²) in [6.07, 6.45) is 0. The molecular weight excluding hydrogens is 471 g/mol. The number of rotatable bonds is 6. The molecule has 0 bridgehead atoms. The molecule has 1 atom stereocenters. The predicted octanol–water partition coefficient (Wildman–Crippen LogP) is 6.25. The summed E-state index contributed by atoms with van der Waals surface area (Å²) in [5, 5.41) is 11.3. The SMILES string of the molecule is CCOc1ccc(/C(O)=C2/C(=O)C(=O)N(c3ccc(F)c(F)c3)C2c2ccc(F)cc2)cc1C(C)C. The lowest BCUT2D eigenvalue weighted by Gasteiger charge is -2.25. The maximum Gasteiger partial charge on any atom is 0.300 e. The van der Waals surface area contributed by atoms with Crippen LogP contribution in [0.5, 0.6) is 5.75 Å². The average molecular weight is 495 g/mol. The lowest BCUT2D eigenvalue weighted by Crippen LogP contribution is -2.29. The molecule has 8 heteroatoms. The number of amides is 1. The predicted molar refractivity (Wildman–Crippen MR) is 129 cm³/mol. The van der Waals surface area contributed by atoms with Crippen molar-refractivity contribution in [3.05, 3.63) is 100 Å². The van der Waals surface area contributed by atoms with E-state index in [2.05, 4.69) is 0 Å². The quantitative estimate of drug-likeness (QED) is 0.249. The number of hydrogen-bond acceptors (Lipinski definition) is 4. The summed E-state index contributed by atoms with van der Waals surface area (Å²) in [5.41, 5.74) is 1.03. The first-order valence-electron chi connectivity index (χ1n) is 11.4. The van der Waals surface area contributed by atoms with Crippen LogP contribution in [0.25, 0.3) is 5.76 Å². The van der Waals surface area contributed by atoms with Crippen molar-refractivity contribution >= 4 is 23.1 Å². The van der Waals surface area contributed by atoms with Crippen LogP contribution in [0.1, 0.15) is 49.4 Å². The first kappa shape index (κ1) is 25.0. The van der Waals surface area contributed by atoms with Gasteiger partial charge in [0.15, 0.2) is 11.6 Å². The molecule has 1 aliphatic heterocycles. The molecule has 186 valence electrons. The maximum absolute atomic E-state index is 14.1. The molecule has 1 unspecified atom stereocenters. The zero-order valence-electron chi connectivity index (χ0n) is 19.9. The fourth-order valence-electron chi connectivity index (χ4n) is 4.28. The summed E-state index contributed by atoms with van der Waals surface area (Å²) in [6.45, 7) is 6.18. The van der Waals surface area contributed by atoms with E-state index in [1.165, 1.54) is 12.1 Å². The van der Waals surface area contributed by atoms with Gasteiger partial charge in [0, 0.05) is 17.3 Å². The Bertz CT molecular complexity index is 1370. The fraction of sp³-hybridized carbons (Fsp3) is 0.214. The van der Waals surface area contributed by atoms with Crippen molar-refractivity contribution in [2.75, 3.05) is 11.5 Å². The van der Waals surface area contributed by atoms with Crippen molar-refractivity contribution in [1.82, 2.24) is 0 Å². The van der Waals surface area contributed by atoms with Gasteiger partial charge in [0.25, 0.3) is 11.7 Å². The summed E-state index contributed by atoms with van der Waals surface area (Å²) >= 11 is 0. The van der Waals surface area contributed by atoms with Crippen LogP contribution in [-0.2, 0) is 9.59 Å². The summed E-state index contributed by atoms with van der Waals surface area (Å²) in [4.78, 5) is 27.3. The van der Waals surface area contributed by atoms with E-state index in [0.29, 0.717) is 17.9 Å². The number of ether oxygens (including phenoxy) is 1. The highest BCUT2D eigenvalue weighted by molar-refractivity contribution is 6.51. The third-order valence-electron chi connectivity index (χ3n) is 6.02. The summed E-state index contributed by atoms with van der Waals surface area (Å²) in [6, 6.07) is 11.5. The molecule has 1 saturated heterocycles. The van der Waals surface area contributed by atoms with Crippen LogP contribution >= 0.6 is 0 Å². The van der Waals surface area contributed by atoms with Crippen LogP contribution in [0.4, 0.5) is 18.9 Å². The van der Waals surface area contributed by atoms with Gasteiger partial charge in [-0.2, -0.15) is 0 Å². The van der Waals surface area contributed by atoms with Crippen molar-refractivity contribution < 1.29 is 32.6 Å². The number of aliphatic hydroxyl groups excluding tert-OH is 1. The molecule has 1 aliphatic rings. The van der Waals surface area contributed by atoms with E-state index >= 15 is 0 Å². The van der Waals surface area contributed by atoms with E-state index in [1.807, 2.05) is 20.8 Å². The van der Waals surface area contributed by atoms with E-state index in [4.69, 9.17) is 4.74 Å². The van der Waals surface area contributed by atoms with Crippen molar-refractivity contribution in [1.29, 1.82) is 0 Å². The van der Waals surface area contributed by atoms with Crippen LogP contribution in [0.2, 0.25) is 0 Å². The Morgan fingerprint density at radius 3 is 2.28 bits per heavy atom. The molecule has 4 rings (SSSR count). The molecular formula is C28H24F3NO4. The Labute approximate surface area is 206 Å². The van der Waals surface area contributed by atoms with Gasteiger partial charge in [0.1, 0.15) is 17.3 Å². The molecule has 1 amide bonds. The Kier molecular flexibility index (Phi) is 6.88. The molecule has 0 radical (unpaired) electrons. The lowest BCUT2D eigenvalue weighted by atomic mass is 9.93. The van der Waals surface area contributed by atoms with Gasteiger partial charge < -0.3 is 9.84 Å². The smallest absolute Gasteiger partial charge is 0.300 e. The Morgan fingerprint density at radius 1 is 0.972 bits per heavy atom. The number of Topliss-reactive ketones (excluding diaryl/α,β-unsaturated/α-hetero) is 1. The van der Waals surface area contributed by atoms with Gasteiger partial charge in [0.05, 0.1) is 18.2 Å². The minimum atomic E-state index is -1.21. The molecule has 1 heterocycles. The van der Waals surface area contributed by atoms with E-state index in [1.54, 1.807) is 18.2 Å². The molecule has 0 aromatic heterocycles. The van der Waals surface area contributed by atoms with Gasteiger partial charge in [-0.3, -0.25) is 14.5 Å². The van der Waals surface area contributed by atoms with Crippen molar-refractivity contribution in [2.24, 2.45) is 0 Å². The van der Waals surface area contributed by atoms with Crippen molar-refractivity contribution in [3.8, 4) is 5.75 Å². The van der Waals surface area contributed by atoms with E-state index in [-0.39, 0.29) is 22.7 Å². The highest BCUT2D eigenvalue weighted by atomic mass is 19.2. The zero-order chi connectivity index (χ0) is 26.1. The minimum Gasteiger partial charge on any atom is -0.507 e. The second kappa shape index (κ2) is 9.89. The second-order valence-electron chi connectivity index (χ2n) is 8.66. The number of benzene rings is 3. The minimum absolute atomic E-state index is 0.0248. The Balaban J connectivity index is 1.94. The molecule has 0 aliphatic carbocycles. The number of carbonyl (C=O) groups excluding carboxylic acids is 2. The van der Waals surface area contributed by atoms with Crippen LogP contribution in [0, 0.1) is 17.5 Å². The van der Waals surface area contributed by atoms with Crippen LogP contribution < -0.4 is 9.64 Å². The monoisotopic (exact) mass is 495 g/mol. The number of halogens is 3. The fourth-order valence-corrected chi connectivity index (χ4v) is 4.28. The number of carbonyl (C=O) groups is 2. The van der Waals surface area contributed by atoms with Crippen molar-refractivity contribution in [3.63, 3.8) is 0 Å². The van der Waals surface area contributed by atoms with Gasteiger partial charge in [-0.25, -0.2) is 13.2 Å². The van der Waals surface area contributed by atoms with Gasteiger partial charge in [-0.1, -0.05) is 26.0 Å². The van der Waals surface area contributed by atoms with Crippen molar-refractivity contribution in [2.45, 2.75) is 32.7 Å². The third kappa shape index (κ3) is 4.46. The molecule has 0 saturated carbocycles. The number of anilines is 1. The highest BCUT2D eigenvalue weighted by Gasteiger charge is 2.47. The molecule has 1 N–H and O–H groups in total. The first-order valence-corrected chi connectivity index (χ1v) is 11.4. The third-order valence-corrected chi connectivity index (χ3v) is 6.02. The highest BCUT2D eigenvalue weighted by Crippen LogP contribution is 2.43. The van der Waals surface area contributed by atoms with Gasteiger partial charge >= 0.3 is 0 Å². The van der Waals surface area contributed by atoms with Crippen LogP contribution in [-0.4, -0.2) is 23.4 Å². The van der Waals surface area contributed by atoms with Gasteiger partial charge in [-0.05, 0) is 66.4 Å². The molecule has 3 aromatic rings. The number of ketones is 1. The normalized spacial score (nSPS) is 17.2. The number of hydrogen-bond donors (Lipinski definition) is 1. The summed E-state index contributed by atoms with van der Waals surface area (Å²) in [5.74, 6) is -4.71. The molecule has 0 spiro atoms. The van der Waals surface area contributed by atoms with Crippen LogP contribution in [0.15, 0.2) is 66.2 Å². The zero-order valence-corrected chi connectivity index (χ0v) is 19.9. The van der Waals surface area contributed by atoms with E-state index < -0.39 is 40.9 Å². The van der Waals surface area contributed by atoms with E-state index in [9.17, 15) is 27.9 Å². The average Bonchev–Trinajstić information content (AvgIpc) is 3.11. The summed E-state index contributed by atoms with van der Waals surface area (Å²) in [7, 11) is 0. The lowest BCUT2D eigenvalue weighted by molar-refractivity contribution is -0.132. The number of aliphatic hydroxyl groups is 1. The Morgan fingerprint density at radius 2 is 1.67 bits per heavy atom. The van der Waals surface area contributed by atoms with Gasteiger partial charge in [0.2, 0.25) is 0 Å². The second-order valence-corrected chi connectivity index (χ2v) is 8.66. The number of nitrogens with zero attached hydrogens (tertiary/aromatic N) is 1. The maximum atomic E-state index is 14.1. The van der Waals surface area contributed by atoms with Crippen LogP contribution in [0.3, 0.4) is 0 Å². The molecule has 1 fully saturated rings. The standard InChI is InChI=1S/C28H24F3NO4/c1-4-36-23-12-7-17(13-20(23)15(2)3)26(33)24-25(16-5-8-18(29)9-6-16)32(28(35)27(24)34)19-10-11-21(30)22(31)14-19/h5-15,25,33H,4H2,1-3H3/b26-24-. The van der Waals surface area contributed by atoms with E-state index in [0.717, 1.165) is 40.8 Å². The first-order chi connectivity index (χ1) is 17.1. The molecule has 3 aromatic carbocycles. The molecule has 36 heavy (non-hydrogen) atoms. The molecule has 5 nitrogen and oxygen atoms in total. The Hall–Kier alpha value is -4.07. The largest absolute Gasteiger partial charge is 0.507 e. The summed E-state index contributed by atoms with van der Waals surface area (Å²) < 4.78 is 47.0.